The maximum absolute atomic E-state index is 3.70. The molecule has 2 heteroatoms. The molecular formula is C13H28N2. The van der Waals surface area contributed by atoms with Gasteiger partial charge in [0.15, 0.2) is 0 Å². The summed E-state index contributed by atoms with van der Waals surface area (Å²) in [5.74, 6) is 1.84. The Morgan fingerprint density at radius 2 is 1.87 bits per heavy atom. The molecule has 0 bridgehead atoms. The molecule has 15 heavy (non-hydrogen) atoms. The average molecular weight is 212 g/mol. The topological polar surface area (TPSA) is 15.3 Å². The molecule has 0 saturated heterocycles. The van der Waals surface area contributed by atoms with Gasteiger partial charge in [-0.05, 0) is 64.7 Å². The number of hydrogen-bond acceptors (Lipinski definition) is 2. The van der Waals surface area contributed by atoms with E-state index in [0.717, 1.165) is 17.9 Å². The summed E-state index contributed by atoms with van der Waals surface area (Å²) in [4.78, 5) is 2.26. The number of hydrogen-bond donors (Lipinski definition) is 1. The second-order valence-electron chi connectivity index (χ2n) is 5.58. The summed E-state index contributed by atoms with van der Waals surface area (Å²) < 4.78 is 0. The zero-order chi connectivity index (χ0) is 11.3. The molecule has 3 atom stereocenters. The van der Waals surface area contributed by atoms with Crippen LogP contribution in [0.4, 0.5) is 0 Å². The van der Waals surface area contributed by atoms with Gasteiger partial charge in [0, 0.05) is 6.04 Å². The van der Waals surface area contributed by atoms with Crippen LogP contribution in [0.1, 0.15) is 39.5 Å². The van der Waals surface area contributed by atoms with Crippen molar-refractivity contribution in [2.45, 2.75) is 45.6 Å². The molecule has 0 unspecified atom stereocenters. The molecule has 1 aliphatic carbocycles. The highest BCUT2D eigenvalue weighted by Crippen LogP contribution is 2.29. The van der Waals surface area contributed by atoms with Gasteiger partial charge in [-0.2, -0.15) is 0 Å². The highest BCUT2D eigenvalue weighted by atomic mass is 15.1. The number of nitrogens with zero attached hydrogens (tertiary/aromatic N) is 1. The molecule has 1 rings (SSSR count). The molecule has 0 amide bonds. The summed E-state index contributed by atoms with van der Waals surface area (Å²) >= 11 is 0. The van der Waals surface area contributed by atoms with Crippen molar-refractivity contribution in [3.05, 3.63) is 0 Å². The van der Waals surface area contributed by atoms with Crippen LogP contribution in [0.3, 0.4) is 0 Å². The molecule has 0 aromatic rings. The Balaban J connectivity index is 2.07. The van der Waals surface area contributed by atoms with E-state index >= 15 is 0 Å². The Morgan fingerprint density at radius 1 is 1.13 bits per heavy atom. The minimum atomic E-state index is 0.790. The van der Waals surface area contributed by atoms with Crippen molar-refractivity contribution < 1.29 is 0 Å². The second-order valence-corrected chi connectivity index (χ2v) is 5.58. The van der Waals surface area contributed by atoms with E-state index in [-0.39, 0.29) is 0 Å². The molecule has 0 heterocycles. The van der Waals surface area contributed by atoms with Crippen LogP contribution in [0.5, 0.6) is 0 Å². The fraction of sp³-hybridized carbons (Fsp3) is 1.00. The van der Waals surface area contributed by atoms with E-state index in [4.69, 9.17) is 0 Å². The van der Waals surface area contributed by atoms with Crippen LogP contribution in [0.2, 0.25) is 0 Å². The smallest absolute Gasteiger partial charge is 0.00698 e. The lowest BCUT2D eigenvalue weighted by Crippen LogP contribution is -2.37. The van der Waals surface area contributed by atoms with Crippen molar-refractivity contribution in [3.63, 3.8) is 0 Å². The molecule has 1 fully saturated rings. The van der Waals surface area contributed by atoms with Crippen molar-refractivity contribution in [3.8, 4) is 0 Å². The summed E-state index contributed by atoms with van der Waals surface area (Å²) in [6.45, 7) is 7.18. The van der Waals surface area contributed by atoms with Crippen LogP contribution in [-0.4, -0.2) is 38.1 Å². The van der Waals surface area contributed by atoms with Gasteiger partial charge in [0.25, 0.3) is 0 Å². The third-order valence-corrected chi connectivity index (χ3v) is 3.81. The van der Waals surface area contributed by atoms with Gasteiger partial charge in [0.05, 0.1) is 0 Å². The number of rotatable bonds is 5. The van der Waals surface area contributed by atoms with Gasteiger partial charge in [0.1, 0.15) is 0 Å². The van der Waals surface area contributed by atoms with E-state index in [0.29, 0.717) is 0 Å². The predicted molar refractivity (Wildman–Crippen MR) is 67.1 cm³/mol. The lowest BCUT2D eigenvalue weighted by atomic mass is 9.79. The van der Waals surface area contributed by atoms with Crippen LogP contribution in [0.25, 0.3) is 0 Å². The van der Waals surface area contributed by atoms with Crippen molar-refractivity contribution in [1.82, 2.24) is 10.2 Å². The zero-order valence-corrected chi connectivity index (χ0v) is 10.9. The van der Waals surface area contributed by atoms with Crippen LogP contribution in [-0.2, 0) is 0 Å². The normalized spacial score (nSPS) is 32.2. The molecule has 0 aromatic heterocycles. The molecular weight excluding hydrogens is 184 g/mol. The minimum absolute atomic E-state index is 0.790. The maximum atomic E-state index is 3.70. The first kappa shape index (κ1) is 13.0. The van der Waals surface area contributed by atoms with Crippen LogP contribution >= 0.6 is 0 Å². The fourth-order valence-electron chi connectivity index (χ4n) is 2.43. The zero-order valence-electron chi connectivity index (χ0n) is 10.9. The Kier molecular flexibility index (Phi) is 5.62. The van der Waals surface area contributed by atoms with E-state index in [2.05, 4.69) is 38.2 Å². The first-order chi connectivity index (χ1) is 7.09. The predicted octanol–water partition coefficient (Wildman–Crippen LogP) is 2.35. The molecule has 0 radical (unpaired) electrons. The first-order valence-corrected chi connectivity index (χ1v) is 6.47. The number of nitrogens with one attached hydrogen (secondary N) is 1. The third kappa shape index (κ3) is 4.98. The van der Waals surface area contributed by atoms with E-state index in [1.807, 2.05) is 0 Å². The Hall–Kier alpha value is -0.0800. The molecule has 90 valence electrons. The van der Waals surface area contributed by atoms with Gasteiger partial charge < -0.3 is 10.2 Å². The average Bonchev–Trinajstić information content (AvgIpc) is 2.18. The lowest BCUT2D eigenvalue weighted by molar-refractivity contribution is 0.225. The maximum Gasteiger partial charge on any atom is 0.00698 e. The summed E-state index contributed by atoms with van der Waals surface area (Å²) in [7, 11) is 4.29. The third-order valence-electron chi connectivity index (χ3n) is 3.81. The quantitative estimate of drug-likeness (QED) is 0.704. The summed E-state index contributed by atoms with van der Waals surface area (Å²) in [6, 6.07) is 0.790. The monoisotopic (exact) mass is 212 g/mol. The molecule has 1 saturated carbocycles. The van der Waals surface area contributed by atoms with Crippen molar-refractivity contribution >= 4 is 0 Å². The highest BCUT2D eigenvalue weighted by molar-refractivity contribution is 4.79. The van der Waals surface area contributed by atoms with Crippen molar-refractivity contribution in [2.75, 3.05) is 27.2 Å². The summed E-state index contributed by atoms with van der Waals surface area (Å²) in [5, 5.41) is 3.70. The minimum Gasteiger partial charge on any atom is -0.314 e. The van der Waals surface area contributed by atoms with E-state index in [9.17, 15) is 0 Å². The molecule has 0 aliphatic heterocycles. The molecule has 2 nitrogen and oxygen atoms in total. The Bertz CT molecular complexity index is 168. The standard InChI is InChI=1S/C13H28N2/c1-11-6-7-13(10-12(11)2)14-8-5-9-15(3)4/h11-14H,5-10H2,1-4H3/t11-,12-,13-/m1/s1. The van der Waals surface area contributed by atoms with Gasteiger partial charge >= 0.3 is 0 Å². The van der Waals surface area contributed by atoms with Crippen LogP contribution < -0.4 is 5.32 Å². The van der Waals surface area contributed by atoms with Crippen molar-refractivity contribution in [2.24, 2.45) is 11.8 Å². The molecule has 1 aliphatic rings. The van der Waals surface area contributed by atoms with Gasteiger partial charge in [-0.1, -0.05) is 13.8 Å². The Labute approximate surface area is 95.4 Å². The largest absolute Gasteiger partial charge is 0.314 e. The highest BCUT2D eigenvalue weighted by Gasteiger charge is 2.23. The van der Waals surface area contributed by atoms with Gasteiger partial charge in [-0.15, -0.1) is 0 Å². The van der Waals surface area contributed by atoms with Crippen LogP contribution in [0.15, 0.2) is 0 Å². The summed E-state index contributed by atoms with van der Waals surface area (Å²) in [6.07, 6.45) is 5.44. The van der Waals surface area contributed by atoms with Crippen molar-refractivity contribution in [1.29, 1.82) is 0 Å². The fourth-order valence-corrected chi connectivity index (χ4v) is 2.43. The van der Waals surface area contributed by atoms with Crippen LogP contribution in [0, 0.1) is 11.8 Å². The lowest BCUT2D eigenvalue weighted by Gasteiger charge is -2.32. The SMILES string of the molecule is C[C@@H]1CC[C@@H](NCCCN(C)C)C[C@H]1C. The summed E-state index contributed by atoms with van der Waals surface area (Å²) in [5.41, 5.74) is 0. The van der Waals surface area contributed by atoms with E-state index in [1.165, 1.54) is 38.8 Å². The van der Waals surface area contributed by atoms with E-state index < -0.39 is 0 Å². The first-order valence-electron chi connectivity index (χ1n) is 6.47. The van der Waals surface area contributed by atoms with E-state index in [1.54, 1.807) is 0 Å². The second kappa shape index (κ2) is 6.49. The molecule has 0 spiro atoms. The molecule has 0 aromatic carbocycles. The van der Waals surface area contributed by atoms with Gasteiger partial charge in [0.2, 0.25) is 0 Å². The van der Waals surface area contributed by atoms with Gasteiger partial charge in [-0.25, -0.2) is 0 Å². The Morgan fingerprint density at radius 3 is 2.47 bits per heavy atom. The van der Waals surface area contributed by atoms with Gasteiger partial charge in [-0.3, -0.25) is 0 Å². The molecule has 1 N–H and O–H groups in total.